The second-order valence-electron chi connectivity index (χ2n) is 11.7. The summed E-state index contributed by atoms with van der Waals surface area (Å²) >= 11 is 0. The highest BCUT2D eigenvalue weighted by Crippen LogP contribution is 2.44. The van der Waals surface area contributed by atoms with E-state index in [0.717, 1.165) is 33.8 Å². The predicted octanol–water partition coefficient (Wildman–Crippen LogP) is 6.46. The molecular weight excluding hydrogens is 653 g/mol. The minimum absolute atomic E-state index is 0.114. The highest BCUT2D eigenvalue weighted by molar-refractivity contribution is 7.85. The zero-order valence-corrected chi connectivity index (χ0v) is 27.8. The molecule has 5 aromatic carbocycles. The number of nitrogens with one attached hydrogen (secondary N) is 2. The fourth-order valence-electron chi connectivity index (χ4n) is 6.34. The molecule has 10 heteroatoms. The van der Waals surface area contributed by atoms with Crippen LogP contribution in [-0.2, 0) is 29.5 Å². The van der Waals surface area contributed by atoms with Crippen LogP contribution in [0.3, 0.4) is 0 Å². The van der Waals surface area contributed by atoms with Gasteiger partial charge in [0.25, 0.3) is 21.9 Å². The van der Waals surface area contributed by atoms with Gasteiger partial charge in [0.15, 0.2) is 5.60 Å². The highest BCUT2D eigenvalue weighted by atomic mass is 32.2. The van der Waals surface area contributed by atoms with Crippen LogP contribution in [0.25, 0.3) is 22.0 Å². The molecule has 1 aliphatic heterocycles. The van der Waals surface area contributed by atoms with Gasteiger partial charge in [-0.1, -0.05) is 109 Å². The second kappa shape index (κ2) is 13.5. The number of H-pyrrole nitrogens is 1. The molecular formula is C40H32N2O7S. The third-order valence-corrected chi connectivity index (χ3v) is 9.01. The molecule has 0 aliphatic carbocycles. The number of imide groups is 1. The van der Waals surface area contributed by atoms with Gasteiger partial charge in [-0.05, 0) is 23.8 Å². The molecule has 1 aromatic heterocycles. The molecule has 0 saturated carbocycles. The SMILES string of the molecule is CS(=O)(=O)OCCOc1cc(OC(c2ccccc2)(c2ccccc2)c2ccccc2)cc(C2=C(c3c[nH]c4ccccc34)C(=O)NC2=O)c1. The Balaban J connectivity index is 1.43. The van der Waals surface area contributed by atoms with Crippen molar-refractivity contribution in [1.29, 1.82) is 0 Å². The first kappa shape index (κ1) is 32.6. The number of ether oxygens (including phenoxy) is 2. The number of rotatable bonds is 12. The fourth-order valence-corrected chi connectivity index (χ4v) is 6.71. The van der Waals surface area contributed by atoms with Gasteiger partial charge in [-0.2, -0.15) is 8.42 Å². The number of carbonyl (C=O) groups excluding carboxylic acids is 2. The Kier molecular flexibility index (Phi) is 8.80. The van der Waals surface area contributed by atoms with E-state index in [-0.39, 0.29) is 30.1 Å². The lowest BCUT2D eigenvalue weighted by Crippen LogP contribution is -2.36. The van der Waals surface area contributed by atoms with Crippen LogP contribution in [0.4, 0.5) is 0 Å². The number of hydrogen-bond donors (Lipinski definition) is 2. The van der Waals surface area contributed by atoms with Gasteiger partial charge >= 0.3 is 0 Å². The third-order valence-electron chi connectivity index (χ3n) is 8.42. The summed E-state index contributed by atoms with van der Waals surface area (Å²) in [5, 5.41) is 3.25. The van der Waals surface area contributed by atoms with Crippen molar-refractivity contribution in [1.82, 2.24) is 10.3 Å². The molecule has 6 aromatic rings. The molecule has 0 fully saturated rings. The first-order valence-electron chi connectivity index (χ1n) is 15.9. The summed E-state index contributed by atoms with van der Waals surface area (Å²) in [6, 6.07) is 41.9. The van der Waals surface area contributed by atoms with Gasteiger partial charge < -0.3 is 14.5 Å². The van der Waals surface area contributed by atoms with Crippen molar-refractivity contribution >= 4 is 44.0 Å². The van der Waals surface area contributed by atoms with Gasteiger partial charge in [-0.15, -0.1) is 0 Å². The third kappa shape index (κ3) is 6.41. The number of amides is 2. The van der Waals surface area contributed by atoms with E-state index in [1.165, 1.54) is 0 Å². The molecule has 2 heterocycles. The number of para-hydroxylation sites is 1. The molecule has 0 radical (unpaired) electrons. The molecule has 0 spiro atoms. The zero-order chi connectivity index (χ0) is 34.7. The van der Waals surface area contributed by atoms with Crippen molar-refractivity contribution in [3.63, 3.8) is 0 Å². The Labute approximate surface area is 289 Å². The molecule has 0 unspecified atom stereocenters. The number of benzene rings is 5. The minimum atomic E-state index is -3.69. The van der Waals surface area contributed by atoms with E-state index in [1.54, 1.807) is 24.4 Å². The van der Waals surface area contributed by atoms with Crippen LogP contribution in [0.1, 0.15) is 27.8 Å². The van der Waals surface area contributed by atoms with Crippen LogP contribution >= 0.6 is 0 Å². The largest absolute Gasteiger partial charge is 0.491 e. The Morgan fingerprint density at radius 2 is 1.18 bits per heavy atom. The van der Waals surface area contributed by atoms with Gasteiger partial charge in [0.05, 0.1) is 17.4 Å². The normalized spacial score (nSPS) is 13.5. The minimum Gasteiger partial charge on any atom is -0.491 e. The molecule has 7 rings (SSSR count). The van der Waals surface area contributed by atoms with Gasteiger partial charge in [0.1, 0.15) is 24.7 Å². The predicted molar refractivity (Wildman–Crippen MR) is 191 cm³/mol. The van der Waals surface area contributed by atoms with Gasteiger partial charge in [-0.25, -0.2) is 0 Å². The first-order chi connectivity index (χ1) is 24.2. The lowest BCUT2D eigenvalue weighted by molar-refractivity contribution is -0.122. The quantitative estimate of drug-likeness (QED) is 0.0657. The number of carbonyl (C=O) groups is 2. The lowest BCUT2D eigenvalue weighted by atomic mass is 9.80. The summed E-state index contributed by atoms with van der Waals surface area (Å²) in [6.45, 7) is -0.347. The van der Waals surface area contributed by atoms with E-state index in [2.05, 4.69) is 10.3 Å². The molecule has 2 N–H and O–H groups in total. The van der Waals surface area contributed by atoms with Crippen molar-refractivity contribution in [3.05, 3.63) is 167 Å². The Morgan fingerprint density at radius 3 is 1.78 bits per heavy atom. The monoisotopic (exact) mass is 684 g/mol. The Bertz CT molecular complexity index is 2240. The number of aromatic amines is 1. The Hall–Kier alpha value is -5.97. The Morgan fingerprint density at radius 1 is 0.640 bits per heavy atom. The molecule has 9 nitrogen and oxygen atoms in total. The van der Waals surface area contributed by atoms with Crippen LogP contribution < -0.4 is 14.8 Å². The molecule has 250 valence electrons. The summed E-state index contributed by atoms with van der Waals surface area (Å²) in [7, 11) is -3.69. The molecule has 0 bridgehead atoms. The summed E-state index contributed by atoms with van der Waals surface area (Å²) in [4.78, 5) is 30.2. The van der Waals surface area contributed by atoms with E-state index in [4.69, 9.17) is 13.7 Å². The van der Waals surface area contributed by atoms with Crippen molar-refractivity contribution in [3.8, 4) is 11.5 Å². The maximum atomic E-state index is 13.6. The smallest absolute Gasteiger partial charge is 0.264 e. The summed E-state index contributed by atoms with van der Waals surface area (Å²) in [5.74, 6) is -0.497. The maximum Gasteiger partial charge on any atom is 0.264 e. The molecule has 0 saturated heterocycles. The summed E-state index contributed by atoms with van der Waals surface area (Å²) in [6.07, 6.45) is 2.67. The fraction of sp³-hybridized carbons (Fsp3) is 0.100. The van der Waals surface area contributed by atoms with Gasteiger partial charge in [0, 0.05) is 45.4 Å². The zero-order valence-electron chi connectivity index (χ0n) is 27.0. The van der Waals surface area contributed by atoms with Gasteiger partial charge in [0.2, 0.25) is 0 Å². The average molecular weight is 685 g/mol. The number of aromatic nitrogens is 1. The van der Waals surface area contributed by atoms with Crippen molar-refractivity contribution in [2.75, 3.05) is 19.5 Å². The van der Waals surface area contributed by atoms with Crippen LogP contribution in [0.2, 0.25) is 0 Å². The van der Waals surface area contributed by atoms with E-state index in [9.17, 15) is 18.0 Å². The number of hydrogen-bond acceptors (Lipinski definition) is 7. The van der Waals surface area contributed by atoms with E-state index in [1.807, 2.05) is 115 Å². The van der Waals surface area contributed by atoms with E-state index >= 15 is 0 Å². The summed E-state index contributed by atoms with van der Waals surface area (Å²) in [5.41, 5.74) is 3.48. The molecule has 50 heavy (non-hydrogen) atoms. The summed E-state index contributed by atoms with van der Waals surface area (Å²) < 4.78 is 41.3. The van der Waals surface area contributed by atoms with Gasteiger partial charge in [-0.3, -0.25) is 19.1 Å². The topological polar surface area (TPSA) is 124 Å². The number of fused-ring (bicyclic) bond motifs is 1. The maximum absolute atomic E-state index is 13.6. The van der Waals surface area contributed by atoms with Crippen molar-refractivity contribution in [2.45, 2.75) is 5.60 Å². The average Bonchev–Trinajstić information content (AvgIpc) is 3.68. The highest BCUT2D eigenvalue weighted by Gasteiger charge is 2.40. The van der Waals surface area contributed by atoms with E-state index < -0.39 is 27.5 Å². The van der Waals surface area contributed by atoms with Crippen LogP contribution in [0, 0.1) is 0 Å². The van der Waals surface area contributed by atoms with Crippen molar-refractivity contribution < 1.29 is 31.7 Å². The second-order valence-corrected chi connectivity index (χ2v) is 13.4. The lowest BCUT2D eigenvalue weighted by Gasteiger charge is -2.36. The molecule has 1 aliphatic rings. The van der Waals surface area contributed by atoms with Crippen LogP contribution in [0.15, 0.2) is 140 Å². The standard InChI is InChI=1S/C40H32N2O7S/c1-50(45,46)48-22-21-47-31-23-27(36-37(39(44)42-38(36)43)34-26-41-35-20-12-11-19-33(34)35)24-32(25-31)49-40(28-13-5-2-6-14-28,29-15-7-3-8-16-29)30-17-9-4-10-18-30/h2-20,23-26,41H,21-22H2,1H3,(H,42,43,44). The molecule has 0 atom stereocenters. The van der Waals surface area contributed by atoms with Crippen LogP contribution in [-0.4, -0.2) is 44.7 Å². The first-order valence-corrected chi connectivity index (χ1v) is 17.7. The molecule has 2 amide bonds. The van der Waals surface area contributed by atoms with E-state index in [0.29, 0.717) is 16.9 Å². The van der Waals surface area contributed by atoms with Crippen LogP contribution in [0.5, 0.6) is 11.5 Å². The van der Waals surface area contributed by atoms with Crippen molar-refractivity contribution in [2.24, 2.45) is 0 Å².